The van der Waals surface area contributed by atoms with Crippen LogP contribution in [-0.2, 0) is 16.4 Å². The molecule has 4 nitrogen and oxygen atoms in total. The zero-order valence-electron chi connectivity index (χ0n) is 14.7. The monoisotopic (exact) mass is 377 g/mol. The van der Waals surface area contributed by atoms with E-state index in [2.05, 4.69) is 0 Å². The first-order valence-corrected chi connectivity index (χ1v) is 10.5. The fourth-order valence-corrected chi connectivity index (χ4v) is 4.64. The molecule has 0 bridgehead atoms. The molecule has 140 valence electrons. The van der Waals surface area contributed by atoms with Crippen molar-refractivity contribution in [1.82, 2.24) is 4.31 Å². The minimum atomic E-state index is -3.23. The van der Waals surface area contributed by atoms with E-state index in [0.717, 1.165) is 18.4 Å². The second kappa shape index (κ2) is 8.64. The third kappa shape index (κ3) is 5.29. The Hall–Kier alpha value is -1.92. The molecule has 0 spiro atoms. The van der Waals surface area contributed by atoms with Crippen molar-refractivity contribution in [3.05, 3.63) is 66.0 Å². The summed E-state index contributed by atoms with van der Waals surface area (Å²) in [6, 6.07) is 15.6. The smallest absolute Gasteiger partial charge is 0.214 e. The first-order chi connectivity index (χ1) is 12.5. The highest BCUT2D eigenvalue weighted by Crippen LogP contribution is 2.22. The molecule has 1 aliphatic rings. The highest BCUT2D eigenvalue weighted by molar-refractivity contribution is 7.89. The van der Waals surface area contributed by atoms with Crippen LogP contribution in [0.15, 0.2) is 54.6 Å². The molecule has 26 heavy (non-hydrogen) atoms. The zero-order chi connectivity index (χ0) is 18.4. The van der Waals surface area contributed by atoms with Gasteiger partial charge in [0.25, 0.3) is 0 Å². The van der Waals surface area contributed by atoms with Crippen molar-refractivity contribution in [2.45, 2.75) is 19.3 Å². The van der Waals surface area contributed by atoms with Crippen LogP contribution in [0.4, 0.5) is 4.39 Å². The Labute approximate surface area is 154 Å². The maximum Gasteiger partial charge on any atom is 0.214 e. The molecule has 0 N–H and O–H groups in total. The number of ether oxygens (including phenoxy) is 1. The number of sulfonamides is 1. The summed E-state index contributed by atoms with van der Waals surface area (Å²) in [4.78, 5) is 0. The third-order valence-corrected chi connectivity index (χ3v) is 6.63. The summed E-state index contributed by atoms with van der Waals surface area (Å²) in [5.41, 5.74) is 1.04. The van der Waals surface area contributed by atoms with Gasteiger partial charge in [0.15, 0.2) is 0 Å². The van der Waals surface area contributed by atoms with Gasteiger partial charge in [-0.2, -0.15) is 0 Å². The van der Waals surface area contributed by atoms with Gasteiger partial charge in [-0.25, -0.2) is 17.1 Å². The quantitative estimate of drug-likeness (QED) is 0.742. The predicted molar refractivity (Wildman–Crippen MR) is 100 cm³/mol. The van der Waals surface area contributed by atoms with Gasteiger partial charge >= 0.3 is 0 Å². The molecule has 2 aromatic rings. The molecule has 0 aliphatic carbocycles. The van der Waals surface area contributed by atoms with Crippen molar-refractivity contribution in [1.29, 1.82) is 0 Å². The molecule has 0 radical (unpaired) electrons. The average Bonchev–Trinajstić information content (AvgIpc) is 2.67. The topological polar surface area (TPSA) is 46.6 Å². The number of piperidine rings is 1. The van der Waals surface area contributed by atoms with Crippen molar-refractivity contribution in [2.75, 3.05) is 25.4 Å². The van der Waals surface area contributed by atoms with Crippen molar-refractivity contribution >= 4 is 10.0 Å². The molecule has 0 amide bonds. The Balaban J connectivity index is 1.44. The summed E-state index contributed by atoms with van der Waals surface area (Å²) in [5, 5.41) is 0. The number of benzene rings is 2. The van der Waals surface area contributed by atoms with Gasteiger partial charge in [0.2, 0.25) is 10.0 Å². The molecule has 1 fully saturated rings. The van der Waals surface area contributed by atoms with Crippen molar-refractivity contribution in [2.24, 2.45) is 5.92 Å². The lowest BCUT2D eigenvalue weighted by Crippen LogP contribution is -2.41. The predicted octanol–water partition coefficient (Wildman–Crippen LogP) is 3.49. The van der Waals surface area contributed by atoms with Gasteiger partial charge in [-0.05, 0) is 55.0 Å². The van der Waals surface area contributed by atoms with E-state index >= 15 is 0 Å². The van der Waals surface area contributed by atoms with Crippen LogP contribution < -0.4 is 4.74 Å². The molecule has 2 aromatic carbocycles. The van der Waals surface area contributed by atoms with Crippen LogP contribution in [0.5, 0.6) is 5.75 Å². The van der Waals surface area contributed by atoms with Crippen LogP contribution >= 0.6 is 0 Å². The van der Waals surface area contributed by atoms with Crippen molar-refractivity contribution in [3.8, 4) is 5.75 Å². The van der Waals surface area contributed by atoms with Crippen LogP contribution in [0.3, 0.4) is 0 Å². The van der Waals surface area contributed by atoms with E-state index in [-0.39, 0.29) is 11.6 Å². The lowest BCUT2D eigenvalue weighted by Gasteiger charge is -2.31. The van der Waals surface area contributed by atoms with E-state index in [1.807, 2.05) is 30.3 Å². The fraction of sp³-hybridized carbons (Fsp3) is 0.400. The molecule has 1 saturated heterocycles. The SMILES string of the molecule is O=S(=O)(CCc1ccccc1)N1CCC(COc2ccc(F)cc2)CC1. The van der Waals surface area contributed by atoms with E-state index in [4.69, 9.17) is 4.74 Å². The maximum absolute atomic E-state index is 12.9. The van der Waals surface area contributed by atoms with Gasteiger partial charge in [-0.15, -0.1) is 0 Å². The number of nitrogens with zero attached hydrogens (tertiary/aromatic N) is 1. The summed E-state index contributed by atoms with van der Waals surface area (Å²) in [6.45, 7) is 1.60. The van der Waals surface area contributed by atoms with Gasteiger partial charge in [-0.1, -0.05) is 30.3 Å². The molecule has 0 aromatic heterocycles. The highest BCUT2D eigenvalue weighted by atomic mass is 32.2. The molecule has 0 unspecified atom stereocenters. The Morgan fingerprint density at radius 1 is 1.00 bits per heavy atom. The molecule has 6 heteroatoms. The summed E-state index contributed by atoms with van der Waals surface area (Å²) < 4.78 is 45.3. The number of halogens is 1. The first kappa shape index (κ1) is 18.9. The van der Waals surface area contributed by atoms with E-state index in [1.165, 1.54) is 12.1 Å². The summed E-state index contributed by atoms with van der Waals surface area (Å²) in [7, 11) is -3.23. The first-order valence-electron chi connectivity index (χ1n) is 8.93. The van der Waals surface area contributed by atoms with Gasteiger partial charge in [0.05, 0.1) is 12.4 Å². The second-order valence-electron chi connectivity index (χ2n) is 6.66. The largest absolute Gasteiger partial charge is 0.493 e. The number of hydrogen-bond acceptors (Lipinski definition) is 3. The average molecular weight is 377 g/mol. The van der Waals surface area contributed by atoms with Crippen LogP contribution in [0.2, 0.25) is 0 Å². The summed E-state index contributed by atoms with van der Waals surface area (Å²) in [5.74, 6) is 0.824. The maximum atomic E-state index is 12.9. The van der Waals surface area contributed by atoms with Gasteiger partial charge in [0, 0.05) is 13.1 Å². The van der Waals surface area contributed by atoms with E-state index in [0.29, 0.717) is 37.8 Å². The number of rotatable bonds is 7. The van der Waals surface area contributed by atoms with Crippen molar-refractivity contribution < 1.29 is 17.5 Å². The standard InChI is InChI=1S/C20H24FNO3S/c21-19-6-8-20(9-7-19)25-16-18-10-13-22(14-11-18)26(23,24)15-12-17-4-2-1-3-5-17/h1-9,18H,10-16H2. The van der Waals surface area contributed by atoms with E-state index < -0.39 is 10.0 Å². The molecule has 1 heterocycles. The Bertz CT molecular complexity index is 786. The van der Waals surface area contributed by atoms with Crippen molar-refractivity contribution in [3.63, 3.8) is 0 Å². The molecular formula is C20H24FNO3S. The minimum Gasteiger partial charge on any atom is -0.493 e. The van der Waals surface area contributed by atoms with Crippen LogP contribution in [0, 0.1) is 11.7 Å². The normalized spacial score (nSPS) is 16.5. The molecule has 0 atom stereocenters. The van der Waals surface area contributed by atoms with Crippen LogP contribution in [-0.4, -0.2) is 38.2 Å². The highest BCUT2D eigenvalue weighted by Gasteiger charge is 2.28. The zero-order valence-corrected chi connectivity index (χ0v) is 15.5. The third-order valence-electron chi connectivity index (χ3n) is 4.76. The Morgan fingerprint density at radius 3 is 2.31 bits per heavy atom. The van der Waals surface area contributed by atoms with Gasteiger partial charge < -0.3 is 4.74 Å². The van der Waals surface area contributed by atoms with Crippen LogP contribution in [0.1, 0.15) is 18.4 Å². The Morgan fingerprint density at radius 2 is 1.65 bits per heavy atom. The van der Waals surface area contributed by atoms with Crippen LogP contribution in [0.25, 0.3) is 0 Å². The summed E-state index contributed by atoms with van der Waals surface area (Å²) in [6.07, 6.45) is 2.11. The van der Waals surface area contributed by atoms with Gasteiger partial charge in [-0.3, -0.25) is 0 Å². The summed E-state index contributed by atoms with van der Waals surface area (Å²) >= 11 is 0. The molecule has 1 aliphatic heterocycles. The molecular weight excluding hydrogens is 353 g/mol. The molecule has 3 rings (SSSR count). The number of hydrogen-bond donors (Lipinski definition) is 0. The van der Waals surface area contributed by atoms with Gasteiger partial charge in [0.1, 0.15) is 11.6 Å². The lowest BCUT2D eigenvalue weighted by molar-refractivity contribution is 0.185. The Kier molecular flexibility index (Phi) is 6.27. The van der Waals surface area contributed by atoms with E-state index in [9.17, 15) is 12.8 Å². The fourth-order valence-electron chi connectivity index (χ4n) is 3.12. The second-order valence-corrected chi connectivity index (χ2v) is 8.75. The van der Waals surface area contributed by atoms with E-state index in [1.54, 1.807) is 16.4 Å². The number of aryl methyl sites for hydroxylation is 1. The minimum absolute atomic E-state index is 0.147. The lowest BCUT2D eigenvalue weighted by atomic mass is 9.99. The molecule has 0 saturated carbocycles.